The van der Waals surface area contributed by atoms with Crippen LogP contribution in [-0.4, -0.2) is 0 Å². The molecule has 1 aromatic rings. The van der Waals surface area contributed by atoms with Crippen LogP contribution in [0.2, 0.25) is 0 Å². The zero-order valence-electron chi connectivity index (χ0n) is 10.5. The van der Waals surface area contributed by atoms with Crippen molar-refractivity contribution in [2.75, 3.05) is 0 Å². The number of alkyl halides is 1. The van der Waals surface area contributed by atoms with E-state index in [1.165, 1.54) is 23.1 Å². The van der Waals surface area contributed by atoms with E-state index >= 15 is 0 Å². The van der Waals surface area contributed by atoms with Crippen LogP contribution in [-0.2, 0) is 12.8 Å². The maximum absolute atomic E-state index is 6.61. The van der Waals surface area contributed by atoms with Gasteiger partial charge in [0, 0.05) is 0 Å². The number of benzene rings is 1. The summed E-state index contributed by atoms with van der Waals surface area (Å²) in [5.74, 6) is 1.52. The van der Waals surface area contributed by atoms with E-state index in [-0.39, 0.29) is 5.38 Å². The molecule has 3 atom stereocenters. The highest BCUT2D eigenvalue weighted by Crippen LogP contribution is 2.50. The monoisotopic (exact) mass is 236 g/mol. The Morgan fingerprint density at radius 1 is 1.31 bits per heavy atom. The van der Waals surface area contributed by atoms with Crippen LogP contribution in [0, 0.1) is 11.8 Å². The Bertz CT molecular complexity index is 370. The van der Waals surface area contributed by atoms with Crippen molar-refractivity contribution in [3.05, 3.63) is 34.9 Å². The van der Waals surface area contributed by atoms with E-state index in [9.17, 15) is 0 Å². The standard InChI is InChI=1S/C15H21Cl/c1-4-11-6-7-12(5-2)14(9-11)15(16)13-8-10(13)3/h6-7,9-10,13,15H,4-5,8H2,1-3H3. The molecule has 1 heteroatoms. The third-order valence-electron chi connectivity index (χ3n) is 3.84. The van der Waals surface area contributed by atoms with Crippen molar-refractivity contribution >= 4 is 11.6 Å². The lowest BCUT2D eigenvalue weighted by atomic mass is 9.96. The predicted octanol–water partition coefficient (Wildman–Crippen LogP) is 4.75. The molecular formula is C15H21Cl. The largest absolute Gasteiger partial charge is 0.118 e. The fraction of sp³-hybridized carbons (Fsp3) is 0.600. The summed E-state index contributed by atoms with van der Waals surface area (Å²) in [5, 5.41) is 0.233. The second kappa shape index (κ2) is 4.79. The fourth-order valence-corrected chi connectivity index (χ4v) is 2.99. The molecule has 0 aliphatic heterocycles. The second-order valence-corrected chi connectivity index (χ2v) is 5.49. The molecule has 0 heterocycles. The van der Waals surface area contributed by atoms with Gasteiger partial charge < -0.3 is 0 Å². The van der Waals surface area contributed by atoms with E-state index in [0.717, 1.165) is 18.8 Å². The average molecular weight is 237 g/mol. The van der Waals surface area contributed by atoms with Gasteiger partial charge in [-0.15, -0.1) is 11.6 Å². The van der Waals surface area contributed by atoms with Crippen molar-refractivity contribution in [2.24, 2.45) is 11.8 Å². The third kappa shape index (κ3) is 2.27. The molecule has 0 bridgehead atoms. The highest BCUT2D eigenvalue weighted by atomic mass is 35.5. The minimum absolute atomic E-state index is 0.233. The fourth-order valence-electron chi connectivity index (χ4n) is 2.43. The molecular weight excluding hydrogens is 216 g/mol. The molecule has 1 saturated carbocycles. The Morgan fingerprint density at radius 3 is 2.50 bits per heavy atom. The summed E-state index contributed by atoms with van der Waals surface area (Å²) >= 11 is 6.61. The van der Waals surface area contributed by atoms with Crippen LogP contribution in [0.1, 0.15) is 49.3 Å². The molecule has 3 unspecified atom stereocenters. The number of halogens is 1. The topological polar surface area (TPSA) is 0 Å². The summed E-state index contributed by atoms with van der Waals surface area (Å²) in [7, 11) is 0. The van der Waals surface area contributed by atoms with E-state index in [2.05, 4.69) is 39.0 Å². The van der Waals surface area contributed by atoms with E-state index in [1.54, 1.807) is 0 Å². The van der Waals surface area contributed by atoms with Gasteiger partial charge in [0.25, 0.3) is 0 Å². The van der Waals surface area contributed by atoms with Crippen molar-refractivity contribution < 1.29 is 0 Å². The van der Waals surface area contributed by atoms with E-state index in [4.69, 9.17) is 11.6 Å². The molecule has 1 aliphatic carbocycles. The van der Waals surface area contributed by atoms with Crippen molar-refractivity contribution in [3.8, 4) is 0 Å². The maximum Gasteiger partial charge on any atom is 0.0618 e. The Balaban J connectivity index is 2.29. The minimum atomic E-state index is 0.233. The molecule has 1 aromatic carbocycles. The molecule has 0 amide bonds. The summed E-state index contributed by atoms with van der Waals surface area (Å²) in [6.07, 6.45) is 3.48. The zero-order chi connectivity index (χ0) is 11.7. The second-order valence-electron chi connectivity index (χ2n) is 5.02. The van der Waals surface area contributed by atoms with Crippen LogP contribution in [0.3, 0.4) is 0 Å². The number of hydrogen-bond acceptors (Lipinski definition) is 0. The molecule has 0 spiro atoms. The molecule has 0 saturated heterocycles. The molecule has 16 heavy (non-hydrogen) atoms. The van der Waals surface area contributed by atoms with Crippen molar-refractivity contribution in [1.29, 1.82) is 0 Å². The Labute approximate surface area is 104 Å². The first-order chi connectivity index (χ1) is 7.67. The average Bonchev–Trinajstić information content (AvgIpc) is 3.04. The normalized spacial score (nSPS) is 25.5. The minimum Gasteiger partial charge on any atom is -0.118 e. The van der Waals surface area contributed by atoms with E-state index in [1.807, 2.05) is 0 Å². The molecule has 0 radical (unpaired) electrons. The third-order valence-corrected chi connectivity index (χ3v) is 4.40. The van der Waals surface area contributed by atoms with E-state index in [0.29, 0.717) is 5.92 Å². The van der Waals surface area contributed by atoms with Gasteiger partial charge in [0.2, 0.25) is 0 Å². The van der Waals surface area contributed by atoms with Crippen LogP contribution in [0.5, 0.6) is 0 Å². The van der Waals surface area contributed by atoms with Crippen LogP contribution >= 0.6 is 11.6 Å². The summed E-state index contributed by atoms with van der Waals surface area (Å²) < 4.78 is 0. The summed E-state index contributed by atoms with van der Waals surface area (Å²) in [5.41, 5.74) is 4.22. The SMILES string of the molecule is CCc1ccc(CC)c(C(Cl)C2CC2C)c1. The summed E-state index contributed by atoms with van der Waals surface area (Å²) in [6, 6.07) is 6.82. The van der Waals surface area contributed by atoms with Gasteiger partial charge in [-0.2, -0.15) is 0 Å². The van der Waals surface area contributed by atoms with Crippen LogP contribution in [0.4, 0.5) is 0 Å². The van der Waals surface area contributed by atoms with E-state index < -0.39 is 0 Å². The van der Waals surface area contributed by atoms with Crippen molar-refractivity contribution in [2.45, 2.75) is 45.4 Å². The molecule has 1 fully saturated rings. The lowest BCUT2D eigenvalue weighted by Gasteiger charge is -2.15. The van der Waals surface area contributed by atoms with Crippen LogP contribution in [0.15, 0.2) is 18.2 Å². The Kier molecular flexibility index (Phi) is 3.59. The molecule has 1 aliphatic rings. The number of rotatable bonds is 4. The molecule has 0 aromatic heterocycles. The summed E-state index contributed by atoms with van der Waals surface area (Å²) in [6.45, 7) is 6.72. The smallest absolute Gasteiger partial charge is 0.0618 e. The van der Waals surface area contributed by atoms with Gasteiger partial charge in [0.1, 0.15) is 0 Å². The first-order valence-electron chi connectivity index (χ1n) is 6.43. The van der Waals surface area contributed by atoms with Crippen LogP contribution in [0.25, 0.3) is 0 Å². The number of aryl methyl sites for hydroxylation is 2. The van der Waals surface area contributed by atoms with Gasteiger partial charge in [0.15, 0.2) is 0 Å². The molecule has 88 valence electrons. The highest BCUT2D eigenvalue weighted by molar-refractivity contribution is 6.21. The van der Waals surface area contributed by atoms with Gasteiger partial charge in [-0.25, -0.2) is 0 Å². The highest BCUT2D eigenvalue weighted by Gasteiger charge is 2.39. The van der Waals surface area contributed by atoms with Crippen molar-refractivity contribution in [1.82, 2.24) is 0 Å². The lowest BCUT2D eigenvalue weighted by Crippen LogP contribution is -2.01. The maximum atomic E-state index is 6.61. The van der Waals surface area contributed by atoms with Gasteiger partial charge >= 0.3 is 0 Å². The van der Waals surface area contributed by atoms with Gasteiger partial charge in [-0.1, -0.05) is 39.0 Å². The van der Waals surface area contributed by atoms with Gasteiger partial charge in [-0.05, 0) is 47.8 Å². The lowest BCUT2D eigenvalue weighted by molar-refractivity contribution is 0.715. The first-order valence-corrected chi connectivity index (χ1v) is 6.86. The quantitative estimate of drug-likeness (QED) is 0.662. The molecule has 2 rings (SSSR count). The molecule has 0 N–H and O–H groups in total. The predicted molar refractivity (Wildman–Crippen MR) is 71.1 cm³/mol. The van der Waals surface area contributed by atoms with Crippen LogP contribution < -0.4 is 0 Å². The molecule has 0 nitrogen and oxygen atoms in total. The van der Waals surface area contributed by atoms with Crippen molar-refractivity contribution in [3.63, 3.8) is 0 Å². The number of hydrogen-bond donors (Lipinski definition) is 0. The Morgan fingerprint density at radius 2 is 2.00 bits per heavy atom. The van der Waals surface area contributed by atoms with Gasteiger partial charge in [0.05, 0.1) is 5.38 Å². The first kappa shape index (κ1) is 12.0. The van der Waals surface area contributed by atoms with Gasteiger partial charge in [-0.3, -0.25) is 0 Å². The Hall–Kier alpha value is -0.490. The summed E-state index contributed by atoms with van der Waals surface area (Å²) in [4.78, 5) is 0. The zero-order valence-corrected chi connectivity index (χ0v) is 11.2.